The van der Waals surface area contributed by atoms with Gasteiger partial charge in [-0.2, -0.15) is 0 Å². The van der Waals surface area contributed by atoms with Crippen molar-refractivity contribution in [1.82, 2.24) is 0 Å². The Morgan fingerprint density at radius 2 is 2.25 bits per heavy atom. The summed E-state index contributed by atoms with van der Waals surface area (Å²) in [6.45, 7) is 1.36. The molecule has 1 saturated heterocycles. The highest BCUT2D eigenvalue weighted by molar-refractivity contribution is 4.53. The number of aliphatic hydroxyl groups is 1. The quantitative estimate of drug-likeness (QED) is 0.476. The highest BCUT2D eigenvalue weighted by Gasteiger charge is 2.07. The molecule has 1 rings (SSSR count). The first kappa shape index (κ1) is 6.01. The Balaban J connectivity index is 2.17. The predicted molar refractivity (Wildman–Crippen MR) is 27.4 cm³/mol. The molecule has 0 bridgehead atoms. The van der Waals surface area contributed by atoms with Crippen molar-refractivity contribution in [3.8, 4) is 0 Å². The fraction of sp³-hybridized carbons (Fsp3) is 1.00. The number of rotatable bonds is 0. The van der Waals surface area contributed by atoms with E-state index in [-0.39, 0.29) is 6.10 Å². The normalized spacial score (nSPS) is 31.9. The first-order chi connectivity index (χ1) is 3.89. The fourth-order valence-corrected chi connectivity index (χ4v) is 0.605. The van der Waals surface area contributed by atoms with Crippen molar-refractivity contribution in [2.45, 2.75) is 12.5 Å². The van der Waals surface area contributed by atoms with E-state index in [1.165, 1.54) is 0 Å². The number of ether oxygens (including phenoxy) is 2. The van der Waals surface area contributed by atoms with Crippen LogP contribution in [0.3, 0.4) is 0 Å². The molecule has 0 amide bonds. The van der Waals surface area contributed by atoms with Gasteiger partial charge in [0.2, 0.25) is 0 Å². The molecule has 0 aromatic rings. The van der Waals surface area contributed by atoms with Gasteiger partial charge >= 0.3 is 0 Å². The van der Waals surface area contributed by atoms with Crippen LogP contribution in [-0.4, -0.2) is 31.2 Å². The van der Waals surface area contributed by atoms with Gasteiger partial charge in [0.05, 0.1) is 19.3 Å². The molecular formula is C5H10O3. The summed E-state index contributed by atoms with van der Waals surface area (Å²) in [5.74, 6) is 0. The molecule has 3 nitrogen and oxygen atoms in total. The van der Waals surface area contributed by atoms with E-state index < -0.39 is 0 Å². The van der Waals surface area contributed by atoms with E-state index >= 15 is 0 Å². The molecule has 1 N–H and O–H groups in total. The maximum atomic E-state index is 8.88. The summed E-state index contributed by atoms with van der Waals surface area (Å²) in [7, 11) is 0. The second-order valence-electron chi connectivity index (χ2n) is 1.84. The van der Waals surface area contributed by atoms with Gasteiger partial charge in [-0.1, -0.05) is 0 Å². The number of hydrogen-bond acceptors (Lipinski definition) is 3. The van der Waals surface area contributed by atoms with E-state index in [0.29, 0.717) is 26.4 Å². The van der Waals surface area contributed by atoms with Crippen molar-refractivity contribution in [3.63, 3.8) is 0 Å². The van der Waals surface area contributed by atoms with Gasteiger partial charge in [-0.25, -0.2) is 0 Å². The lowest BCUT2D eigenvalue weighted by Gasteiger charge is -2.00. The standard InChI is InChI=1S/C5H10O3/c6-5-1-2-7-4-8-3-5/h5-6H,1-4H2/t5-/m1/s1. The van der Waals surface area contributed by atoms with Gasteiger partial charge in [0.1, 0.15) is 6.79 Å². The zero-order chi connectivity index (χ0) is 5.82. The van der Waals surface area contributed by atoms with Gasteiger partial charge in [-0.05, 0) is 6.42 Å². The average molecular weight is 118 g/mol. The molecule has 1 aliphatic heterocycles. The van der Waals surface area contributed by atoms with E-state index in [0.717, 1.165) is 0 Å². The molecule has 0 spiro atoms. The summed E-state index contributed by atoms with van der Waals surface area (Å²) in [6.07, 6.45) is 0.373. The third-order valence-corrected chi connectivity index (χ3v) is 1.07. The SMILES string of the molecule is O[C@@H]1CCOCOC1. The van der Waals surface area contributed by atoms with Crippen LogP contribution in [0, 0.1) is 0 Å². The Bertz CT molecular complexity index is 56.7. The largest absolute Gasteiger partial charge is 0.391 e. The molecule has 0 aliphatic carbocycles. The smallest absolute Gasteiger partial charge is 0.146 e. The molecule has 0 unspecified atom stereocenters. The predicted octanol–water partition coefficient (Wildman–Crippen LogP) is -0.258. The zero-order valence-corrected chi connectivity index (χ0v) is 4.67. The van der Waals surface area contributed by atoms with Crippen LogP contribution in [0.25, 0.3) is 0 Å². The van der Waals surface area contributed by atoms with Gasteiger partial charge in [-0.3, -0.25) is 0 Å². The highest BCUT2D eigenvalue weighted by Crippen LogP contribution is 1.98. The Kier molecular flexibility index (Phi) is 2.27. The maximum Gasteiger partial charge on any atom is 0.146 e. The first-order valence-electron chi connectivity index (χ1n) is 2.73. The van der Waals surface area contributed by atoms with Gasteiger partial charge in [0.15, 0.2) is 0 Å². The average Bonchev–Trinajstić information content (AvgIpc) is 1.94. The topological polar surface area (TPSA) is 38.7 Å². The van der Waals surface area contributed by atoms with E-state index in [1.54, 1.807) is 0 Å². The molecular weight excluding hydrogens is 108 g/mol. The van der Waals surface area contributed by atoms with Crippen LogP contribution in [0.2, 0.25) is 0 Å². The van der Waals surface area contributed by atoms with Crippen molar-refractivity contribution in [3.05, 3.63) is 0 Å². The summed E-state index contributed by atoms with van der Waals surface area (Å²) < 4.78 is 9.72. The molecule has 8 heavy (non-hydrogen) atoms. The molecule has 1 aliphatic rings. The van der Waals surface area contributed by atoms with Crippen LogP contribution >= 0.6 is 0 Å². The van der Waals surface area contributed by atoms with Gasteiger partial charge in [0, 0.05) is 0 Å². The number of aliphatic hydroxyl groups excluding tert-OH is 1. The minimum absolute atomic E-state index is 0.322. The minimum atomic E-state index is -0.322. The van der Waals surface area contributed by atoms with Gasteiger partial charge < -0.3 is 14.6 Å². The number of hydrogen-bond donors (Lipinski definition) is 1. The lowest BCUT2D eigenvalue weighted by molar-refractivity contribution is -0.0420. The van der Waals surface area contributed by atoms with Crippen LogP contribution in [0.5, 0.6) is 0 Å². The molecule has 1 fully saturated rings. The van der Waals surface area contributed by atoms with Crippen LogP contribution in [-0.2, 0) is 9.47 Å². The summed E-state index contributed by atoms with van der Waals surface area (Å²) >= 11 is 0. The molecule has 0 aromatic heterocycles. The third-order valence-electron chi connectivity index (χ3n) is 1.07. The van der Waals surface area contributed by atoms with Crippen LogP contribution < -0.4 is 0 Å². The van der Waals surface area contributed by atoms with Crippen molar-refractivity contribution >= 4 is 0 Å². The molecule has 48 valence electrons. The van der Waals surface area contributed by atoms with Crippen LogP contribution in [0.4, 0.5) is 0 Å². The second kappa shape index (κ2) is 3.02. The molecule has 3 heteroatoms. The molecule has 1 heterocycles. The second-order valence-corrected chi connectivity index (χ2v) is 1.84. The van der Waals surface area contributed by atoms with E-state index in [9.17, 15) is 0 Å². The summed E-state index contributed by atoms with van der Waals surface area (Å²) in [4.78, 5) is 0. The van der Waals surface area contributed by atoms with Crippen LogP contribution in [0.15, 0.2) is 0 Å². The molecule has 0 radical (unpaired) electrons. The Morgan fingerprint density at radius 1 is 1.38 bits per heavy atom. The Hall–Kier alpha value is -0.120. The minimum Gasteiger partial charge on any atom is -0.391 e. The highest BCUT2D eigenvalue weighted by atomic mass is 16.7. The lowest BCUT2D eigenvalue weighted by Crippen LogP contribution is -2.12. The van der Waals surface area contributed by atoms with Crippen LogP contribution in [0.1, 0.15) is 6.42 Å². The van der Waals surface area contributed by atoms with Gasteiger partial charge in [-0.15, -0.1) is 0 Å². The van der Waals surface area contributed by atoms with Crippen molar-refractivity contribution in [2.75, 3.05) is 20.0 Å². The van der Waals surface area contributed by atoms with Crippen molar-refractivity contribution < 1.29 is 14.6 Å². The fourth-order valence-electron chi connectivity index (χ4n) is 0.605. The molecule has 1 atom stereocenters. The summed E-state index contributed by atoms with van der Waals surface area (Å²) in [5, 5.41) is 8.88. The first-order valence-corrected chi connectivity index (χ1v) is 2.73. The summed E-state index contributed by atoms with van der Waals surface area (Å²) in [6, 6.07) is 0. The van der Waals surface area contributed by atoms with E-state index in [1.807, 2.05) is 0 Å². The molecule has 0 aromatic carbocycles. The van der Waals surface area contributed by atoms with Gasteiger partial charge in [0.25, 0.3) is 0 Å². The van der Waals surface area contributed by atoms with Crippen molar-refractivity contribution in [2.24, 2.45) is 0 Å². The lowest BCUT2D eigenvalue weighted by atomic mass is 10.3. The third kappa shape index (κ3) is 1.78. The monoisotopic (exact) mass is 118 g/mol. The van der Waals surface area contributed by atoms with E-state index in [4.69, 9.17) is 14.6 Å². The molecule has 0 saturated carbocycles. The zero-order valence-electron chi connectivity index (χ0n) is 4.67. The summed E-state index contributed by atoms with van der Waals surface area (Å²) in [5.41, 5.74) is 0. The van der Waals surface area contributed by atoms with Crippen molar-refractivity contribution in [1.29, 1.82) is 0 Å². The van der Waals surface area contributed by atoms with E-state index in [2.05, 4.69) is 0 Å². The Labute approximate surface area is 48.2 Å². The Morgan fingerprint density at radius 3 is 3.12 bits per heavy atom. The maximum absolute atomic E-state index is 8.88.